The second-order valence-electron chi connectivity index (χ2n) is 5.08. The van der Waals surface area contributed by atoms with Gasteiger partial charge in [-0.1, -0.05) is 0 Å². The minimum Gasteiger partial charge on any atom is -0.482 e. The van der Waals surface area contributed by atoms with Crippen molar-refractivity contribution in [3.8, 4) is 11.8 Å². The lowest BCUT2D eigenvalue weighted by Crippen LogP contribution is -2.23. The maximum atomic E-state index is 11.7. The van der Waals surface area contributed by atoms with Crippen LogP contribution in [-0.4, -0.2) is 31.0 Å². The molecule has 132 valence electrons. The van der Waals surface area contributed by atoms with Crippen molar-refractivity contribution in [2.75, 3.05) is 18.5 Å². The summed E-state index contributed by atoms with van der Waals surface area (Å²) in [6, 6.07) is 14.1. The molecule has 0 saturated carbocycles. The van der Waals surface area contributed by atoms with Crippen LogP contribution in [0.3, 0.4) is 0 Å². The number of primary amides is 1. The number of nitrogens with zero attached hydrogens (tertiary/aromatic N) is 1. The van der Waals surface area contributed by atoms with Gasteiger partial charge in [-0.05, 0) is 48.5 Å². The molecule has 0 aromatic heterocycles. The molecular formula is C18H15N3O5. The predicted molar refractivity (Wildman–Crippen MR) is 91.2 cm³/mol. The molecule has 2 aromatic carbocycles. The largest absolute Gasteiger partial charge is 0.482 e. The molecule has 0 aliphatic carbocycles. The van der Waals surface area contributed by atoms with Gasteiger partial charge in [-0.2, -0.15) is 5.26 Å². The molecule has 3 N–H and O–H groups in total. The lowest BCUT2D eigenvalue weighted by molar-refractivity contribution is -0.149. The number of ether oxygens (including phenoxy) is 2. The van der Waals surface area contributed by atoms with Crippen LogP contribution in [0.25, 0.3) is 0 Å². The maximum absolute atomic E-state index is 11.7. The van der Waals surface area contributed by atoms with Crippen molar-refractivity contribution in [2.45, 2.75) is 0 Å². The first-order chi connectivity index (χ1) is 12.5. The van der Waals surface area contributed by atoms with Crippen LogP contribution in [0.15, 0.2) is 48.5 Å². The monoisotopic (exact) mass is 353 g/mol. The second-order valence-corrected chi connectivity index (χ2v) is 5.08. The number of nitriles is 1. The van der Waals surface area contributed by atoms with Gasteiger partial charge in [0.25, 0.3) is 5.91 Å². The number of carbonyl (C=O) groups is 3. The average Bonchev–Trinajstić information content (AvgIpc) is 2.65. The summed E-state index contributed by atoms with van der Waals surface area (Å²) >= 11 is 0. The predicted octanol–water partition coefficient (Wildman–Crippen LogP) is 1.22. The third-order valence-electron chi connectivity index (χ3n) is 3.16. The molecule has 0 saturated heterocycles. The Hall–Kier alpha value is -3.86. The molecule has 8 heteroatoms. The third kappa shape index (κ3) is 5.65. The summed E-state index contributed by atoms with van der Waals surface area (Å²) in [6.07, 6.45) is 0. The third-order valence-corrected chi connectivity index (χ3v) is 3.16. The normalized spacial score (nSPS) is 9.65. The number of nitrogens with one attached hydrogen (secondary N) is 1. The number of esters is 1. The Kier molecular flexibility index (Phi) is 6.28. The Morgan fingerprint density at radius 2 is 1.65 bits per heavy atom. The Bertz CT molecular complexity index is 839. The number of carbonyl (C=O) groups excluding carboxylic acids is 3. The van der Waals surface area contributed by atoms with Crippen LogP contribution in [0.1, 0.15) is 15.9 Å². The lowest BCUT2D eigenvalue weighted by Gasteiger charge is -2.08. The lowest BCUT2D eigenvalue weighted by atomic mass is 10.2. The van der Waals surface area contributed by atoms with Gasteiger partial charge in [0.2, 0.25) is 5.91 Å². The number of hydrogen-bond acceptors (Lipinski definition) is 6. The smallest absolute Gasteiger partial charge is 0.344 e. The zero-order valence-electron chi connectivity index (χ0n) is 13.6. The van der Waals surface area contributed by atoms with Gasteiger partial charge in [-0.25, -0.2) is 4.79 Å². The van der Waals surface area contributed by atoms with E-state index in [-0.39, 0.29) is 6.61 Å². The molecule has 2 amide bonds. The second kappa shape index (κ2) is 8.84. The van der Waals surface area contributed by atoms with E-state index in [1.54, 1.807) is 24.3 Å². The number of amides is 2. The van der Waals surface area contributed by atoms with Crippen molar-refractivity contribution in [3.05, 3.63) is 59.7 Å². The van der Waals surface area contributed by atoms with Crippen molar-refractivity contribution < 1.29 is 23.9 Å². The van der Waals surface area contributed by atoms with Crippen LogP contribution in [0.4, 0.5) is 5.69 Å². The summed E-state index contributed by atoms with van der Waals surface area (Å²) in [7, 11) is 0. The topological polar surface area (TPSA) is 132 Å². The van der Waals surface area contributed by atoms with E-state index in [0.717, 1.165) is 0 Å². The van der Waals surface area contributed by atoms with E-state index in [9.17, 15) is 14.4 Å². The first-order valence-corrected chi connectivity index (χ1v) is 7.46. The SMILES string of the molecule is N#Cc1ccc(OCC(=O)OCC(=O)Nc2ccc(C(N)=O)cc2)cc1. The summed E-state index contributed by atoms with van der Waals surface area (Å²) < 4.78 is 10.00. The summed E-state index contributed by atoms with van der Waals surface area (Å²) in [5.41, 5.74) is 6.34. The van der Waals surface area contributed by atoms with E-state index in [4.69, 9.17) is 20.5 Å². The van der Waals surface area contributed by atoms with E-state index < -0.39 is 24.4 Å². The molecule has 0 heterocycles. The zero-order valence-corrected chi connectivity index (χ0v) is 13.6. The minimum atomic E-state index is -0.714. The molecule has 8 nitrogen and oxygen atoms in total. The van der Waals surface area contributed by atoms with Crippen LogP contribution < -0.4 is 15.8 Å². The highest BCUT2D eigenvalue weighted by Crippen LogP contribution is 2.11. The first kappa shape index (κ1) is 18.5. The molecule has 2 rings (SSSR count). The zero-order chi connectivity index (χ0) is 18.9. The molecule has 0 aliphatic rings. The van der Waals surface area contributed by atoms with Crippen molar-refractivity contribution in [2.24, 2.45) is 5.73 Å². The highest BCUT2D eigenvalue weighted by molar-refractivity contribution is 5.95. The van der Waals surface area contributed by atoms with E-state index in [0.29, 0.717) is 22.6 Å². The van der Waals surface area contributed by atoms with Crippen molar-refractivity contribution in [1.29, 1.82) is 5.26 Å². The Labute approximate surface area is 149 Å². The average molecular weight is 353 g/mol. The van der Waals surface area contributed by atoms with Gasteiger partial charge in [0.15, 0.2) is 13.2 Å². The number of anilines is 1. The molecule has 0 fully saturated rings. The maximum Gasteiger partial charge on any atom is 0.344 e. The molecule has 0 aliphatic heterocycles. The van der Waals surface area contributed by atoms with E-state index in [2.05, 4.69) is 5.32 Å². The van der Waals surface area contributed by atoms with E-state index in [1.165, 1.54) is 24.3 Å². The van der Waals surface area contributed by atoms with Gasteiger partial charge in [0, 0.05) is 11.3 Å². The summed E-state index contributed by atoms with van der Waals surface area (Å²) in [4.78, 5) is 34.3. The van der Waals surface area contributed by atoms with Crippen LogP contribution >= 0.6 is 0 Å². The number of nitrogens with two attached hydrogens (primary N) is 1. The standard InChI is InChI=1S/C18H15N3O5/c19-9-12-1-7-15(8-2-12)25-11-17(23)26-10-16(22)21-14-5-3-13(4-6-14)18(20)24/h1-8H,10-11H2,(H2,20,24)(H,21,22). The van der Waals surface area contributed by atoms with Gasteiger partial charge >= 0.3 is 5.97 Å². The Morgan fingerprint density at radius 3 is 2.23 bits per heavy atom. The fraction of sp³-hybridized carbons (Fsp3) is 0.111. The molecule has 0 bridgehead atoms. The molecule has 26 heavy (non-hydrogen) atoms. The minimum absolute atomic E-state index is 0.314. The number of benzene rings is 2. The molecule has 2 aromatic rings. The summed E-state index contributed by atoms with van der Waals surface area (Å²) in [5.74, 6) is -1.42. The quantitative estimate of drug-likeness (QED) is 0.719. The van der Waals surface area contributed by atoms with Gasteiger partial charge in [-0.15, -0.1) is 0 Å². The molecule has 0 unspecified atom stereocenters. The molecule has 0 radical (unpaired) electrons. The van der Waals surface area contributed by atoms with Crippen LogP contribution in [-0.2, 0) is 14.3 Å². The van der Waals surface area contributed by atoms with Crippen LogP contribution in [0.2, 0.25) is 0 Å². The van der Waals surface area contributed by atoms with Gasteiger partial charge in [0.1, 0.15) is 5.75 Å². The first-order valence-electron chi connectivity index (χ1n) is 7.46. The highest BCUT2D eigenvalue weighted by Gasteiger charge is 2.09. The van der Waals surface area contributed by atoms with Gasteiger partial charge in [0.05, 0.1) is 11.6 Å². The number of hydrogen-bond donors (Lipinski definition) is 2. The highest BCUT2D eigenvalue weighted by atomic mass is 16.6. The van der Waals surface area contributed by atoms with Crippen molar-refractivity contribution in [3.63, 3.8) is 0 Å². The molecule has 0 spiro atoms. The van der Waals surface area contributed by atoms with E-state index >= 15 is 0 Å². The fourth-order valence-corrected chi connectivity index (χ4v) is 1.87. The van der Waals surface area contributed by atoms with Gasteiger partial charge < -0.3 is 20.5 Å². The van der Waals surface area contributed by atoms with E-state index in [1.807, 2.05) is 6.07 Å². The Balaban J connectivity index is 1.73. The molecular weight excluding hydrogens is 338 g/mol. The Morgan fingerprint density at radius 1 is 1.00 bits per heavy atom. The van der Waals surface area contributed by atoms with Crippen molar-refractivity contribution >= 4 is 23.5 Å². The van der Waals surface area contributed by atoms with Crippen molar-refractivity contribution in [1.82, 2.24) is 0 Å². The molecule has 0 atom stereocenters. The number of rotatable bonds is 7. The van der Waals surface area contributed by atoms with Gasteiger partial charge in [-0.3, -0.25) is 9.59 Å². The van der Waals surface area contributed by atoms with Crippen LogP contribution in [0, 0.1) is 11.3 Å². The summed E-state index contributed by atoms with van der Waals surface area (Å²) in [6.45, 7) is -0.848. The van der Waals surface area contributed by atoms with Crippen LogP contribution in [0.5, 0.6) is 5.75 Å². The summed E-state index contributed by atoms with van der Waals surface area (Å²) in [5, 5.41) is 11.2. The fourth-order valence-electron chi connectivity index (χ4n) is 1.87.